The molecule has 2 nitrogen and oxygen atoms in total. The first-order valence-corrected chi connectivity index (χ1v) is 3.63. The normalized spacial score (nSPS) is 22.0. The lowest BCUT2D eigenvalue weighted by atomic mass is 10.1. The van der Waals surface area contributed by atoms with E-state index in [9.17, 15) is 5.11 Å². The lowest BCUT2D eigenvalue weighted by Crippen LogP contribution is -2.09. The van der Waals surface area contributed by atoms with Crippen LogP contribution in [0.3, 0.4) is 0 Å². The maximum atomic E-state index is 9.21. The molecule has 0 aromatic rings. The number of hydrogen-bond donors (Lipinski definition) is 2. The van der Waals surface area contributed by atoms with Crippen molar-refractivity contribution >= 4 is 0 Å². The van der Waals surface area contributed by atoms with E-state index in [-0.39, 0.29) is 12.7 Å². The second-order valence-electron chi connectivity index (χ2n) is 2.77. The highest BCUT2D eigenvalue weighted by Gasteiger charge is 2.28. The van der Waals surface area contributed by atoms with Gasteiger partial charge < -0.3 is 10.2 Å². The zero-order valence-electron chi connectivity index (χ0n) is 5.58. The zero-order chi connectivity index (χ0) is 6.69. The van der Waals surface area contributed by atoms with Gasteiger partial charge >= 0.3 is 0 Å². The Morgan fingerprint density at radius 2 is 2.11 bits per heavy atom. The Morgan fingerprint density at radius 1 is 1.44 bits per heavy atom. The molecule has 2 heteroatoms. The average Bonchev–Trinajstić information content (AvgIpc) is 2.63. The summed E-state index contributed by atoms with van der Waals surface area (Å²) in [5.74, 6) is 0.566. The van der Waals surface area contributed by atoms with Crippen molar-refractivity contribution in [1.29, 1.82) is 0 Å². The first-order valence-electron chi connectivity index (χ1n) is 3.63. The lowest BCUT2D eigenvalue weighted by Gasteiger charge is -2.05. The van der Waals surface area contributed by atoms with Gasteiger partial charge in [-0.2, -0.15) is 0 Å². The van der Waals surface area contributed by atoms with Crippen LogP contribution in [0.1, 0.15) is 25.7 Å². The minimum absolute atomic E-state index is 0.128. The van der Waals surface area contributed by atoms with Crippen molar-refractivity contribution in [2.45, 2.75) is 31.8 Å². The number of rotatable bonds is 4. The SMILES string of the molecule is OCCCC(O)C1CC1. The quantitative estimate of drug-likeness (QED) is 0.582. The van der Waals surface area contributed by atoms with E-state index >= 15 is 0 Å². The van der Waals surface area contributed by atoms with Crippen molar-refractivity contribution in [1.82, 2.24) is 0 Å². The monoisotopic (exact) mass is 130 g/mol. The fraction of sp³-hybridized carbons (Fsp3) is 1.00. The van der Waals surface area contributed by atoms with E-state index in [1.807, 2.05) is 0 Å². The van der Waals surface area contributed by atoms with Crippen LogP contribution in [0.2, 0.25) is 0 Å². The fourth-order valence-corrected chi connectivity index (χ4v) is 1.02. The maximum Gasteiger partial charge on any atom is 0.0569 e. The molecule has 0 aromatic carbocycles. The smallest absolute Gasteiger partial charge is 0.0569 e. The molecule has 1 rings (SSSR count). The van der Waals surface area contributed by atoms with Gasteiger partial charge in [0.1, 0.15) is 0 Å². The van der Waals surface area contributed by atoms with E-state index in [1.165, 1.54) is 12.8 Å². The van der Waals surface area contributed by atoms with Crippen molar-refractivity contribution in [2.75, 3.05) is 6.61 Å². The first kappa shape index (κ1) is 7.03. The Balaban J connectivity index is 1.96. The van der Waals surface area contributed by atoms with Gasteiger partial charge in [-0.05, 0) is 31.6 Å². The molecule has 0 spiro atoms. The Labute approximate surface area is 55.5 Å². The van der Waals surface area contributed by atoms with Crippen LogP contribution in [-0.4, -0.2) is 22.9 Å². The summed E-state index contributed by atoms with van der Waals surface area (Å²) in [5, 5.41) is 17.6. The zero-order valence-corrected chi connectivity index (χ0v) is 5.58. The Kier molecular flexibility index (Phi) is 2.49. The highest BCUT2D eigenvalue weighted by molar-refractivity contribution is 4.80. The summed E-state index contributed by atoms with van der Waals surface area (Å²) < 4.78 is 0. The predicted octanol–water partition coefficient (Wildman–Crippen LogP) is 0.530. The van der Waals surface area contributed by atoms with E-state index in [4.69, 9.17) is 5.11 Å². The molecule has 0 saturated heterocycles. The summed E-state index contributed by atoms with van der Waals surface area (Å²) in [4.78, 5) is 0. The summed E-state index contributed by atoms with van der Waals surface area (Å²) >= 11 is 0. The van der Waals surface area contributed by atoms with Crippen molar-refractivity contribution in [3.05, 3.63) is 0 Å². The third-order valence-electron chi connectivity index (χ3n) is 1.82. The van der Waals surface area contributed by atoms with Gasteiger partial charge in [-0.25, -0.2) is 0 Å². The fourth-order valence-electron chi connectivity index (χ4n) is 1.02. The Bertz CT molecular complexity index is 79.0. The summed E-state index contributed by atoms with van der Waals surface area (Å²) in [5.41, 5.74) is 0. The molecule has 0 radical (unpaired) electrons. The summed E-state index contributed by atoms with van der Waals surface area (Å²) in [6.45, 7) is 0.212. The maximum absolute atomic E-state index is 9.21. The third-order valence-corrected chi connectivity index (χ3v) is 1.82. The molecule has 0 amide bonds. The minimum Gasteiger partial charge on any atom is -0.396 e. The highest BCUT2D eigenvalue weighted by Crippen LogP contribution is 2.34. The van der Waals surface area contributed by atoms with Gasteiger partial charge in [0.25, 0.3) is 0 Å². The van der Waals surface area contributed by atoms with Crippen LogP contribution < -0.4 is 0 Å². The number of hydrogen-bond acceptors (Lipinski definition) is 2. The topological polar surface area (TPSA) is 40.5 Å². The number of aliphatic hydroxyl groups excluding tert-OH is 2. The largest absolute Gasteiger partial charge is 0.396 e. The van der Waals surface area contributed by atoms with Crippen LogP contribution in [-0.2, 0) is 0 Å². The molecule has 1 saturated carbocycles. The number of aliphatic hydroxyl groups is 2. The van der Waals surface area contributed by atoms with Crippen LogP contribution in [0.5, 0.6) is 0 Å². The molecule has 0 bridgehead atoms. The van der Waals surface area contributed by atoms with Gasteiger partial charge in [-0.1, -0.05) is 0 Å². The van der Waals surface area contributed by atoms with Crippen LogP contribution in [0.15, 0.2) is 0 Å². The molecule has 1 atom stereocenters. The summed E-state index contributed by atoms with van der Waals surface area (Å²) in [7, 11) is 0. The van der Waals surface area contributed by atoms with Gasteiger partial charge in [0, 0.05) is 6.61 Å². The highest BCUT2D eigenvalue weighted by atomic mass is 16.3. The molecule has 1 fully saturated rings. The first-order chi connectivity index (χ1) is 4.34. The van der Waals surface area contributed by atoms with Crippen LogP contribution in [0, 0.1) is 5.92 Å². The molecule has 0 heterocycles. The third kappa shape index (κ3) is 2.33. The molecular formula is C7H14O2. The second kappa shape index (κ2) is 3.18. The molecule has 1 aliphatic carbocycles. The van der Waals surface area contributed by atoms with Gasteiger partial charge in [0.05, 0.1) is 6.10 Å². The Morgan fingerprint density at radius 3 is 2.56 bits per heavy atom. The average molecular weight is 130 g/mol. The van der Waals surface area contributed by atoms with Gasteiger partial charge in [-0.3, -0.25) is 0 Å². The van der Waals surface area contributed by atoms with Gasteiger partial charge in [0.15, 0.2) is 0 Å². The van der Waals surface area contributed by atoms with Crippen LogP contribution >= 0.6 is 0 Å². The molecule has 0 aromatic heterocycles. The second-order valence-corrected chi connectivity index (χ2v) is 2.77. The van der Waals surface area contributed by atoms with Gasteiger partial charge in [0.2, 0.25) is 0 Å². The molecule has 0 aliphatic heterocycles. The standard InChI is InChI=1S/C7H14O2/c8-5-1-2-7(9)6-3-4-6/h6-9H,1-5H2. The molecule has 1 aliphatic rings. The summed E-state index contributed by atoms with van der Waals surface area (Å²) in [6, 6.07) is 0. The minimum atomic E-state index is -0.128. The van der Waals surface area contributed by atoms with Crippen molar-refractivity contribution in [2.24, 2.45) is 5.92 Å². The van der Waals surface area contributed by atoms with E-state index in [2.05, 4.69) is 0 Å². The molecule has 2 N–H and O–H groups in total. The van der Waals surface area contributed by atoms with Crippen molar-refractivity contribution in [3.63, 3.8) is 0 Å². The van der Waals surface area contributed by atoms with Crippen molar-refractivity contribution < 1.29 is 10.2 Å². The van der Waals surface area contributed by atoms with Crippen molar-refractivity contribution in [3.8, 4) is 0 Å². The molecule has 9 heavy (non-hydrogen) atoms. The van der Waals surface area contributed by atoms with Crippen LogP contribution in [0.4, 0.5) is 0 Å². The van der Waals surface area contributed by atoms with E-state index < -0.39 is 0 Å². The van der Waals surface area contributed by atoms with Crippen LogP contribution in [0.25, 0.3) is 0 Å². The van der Waals surface area contributed by atoms with Gasteiger partial charge in [-0.15, -0.1) is 0 Å². The molecule has 1 unspecified atom stereocenters. The molecular weight excluding hydrogens is 116 g/mol. The predicted molar refractivity (Wildman–Crippen MR) is 35.1 cm³/mol. The van der Waals surface area contributed by atoms with E-state index in [1.54, 1.807) is 0 Å². The van der Waals surface area contributed by atoms with E-state index in [0.29, 0.717) is 5.92 Å². The molecule has 54 valence electrons. The summed E-state index contributed by atoms with van der Waals surface area (Å²) in [6.07, 6.45) is 3.77. The lowest BCUT2D eigenvalue weighted by molar-refractivity contribution is 0.129. The van der Waals surface area contributed by atoms with E-state index in [0.717, 1.165) is 12.8 Å². The Hall–Kier alpha value is -0.0800.